The fourth-order valence-electron chi connectivity index (χ4n) is 4.13. The number of anilines is 1. The maximum atomic E-state index is 13.2. The lowest BCUT2D eigenvalue weighted by atomic mass is 10.1. The molecular weight excluding hydrogens is 458 g/mol. The van der Waals surface area contributed by atoms with E-state index in [9.17, 15) is 4.79 Å². The molecule has 4 rings (SSSR count). The van der Waals surface area contributed by atoms with Gasteiger partial charge in [0, 0.05) is 19.7 Å². The number of fused-ring (bicyclic) bond motifs is 2. The molecule has 0 fully saturated rings. The Morgan fingerprint density at radius 1 is 1.06 bits per heavy atom. The van der Waals surface area contributed by atoms with Crippen LogP contribution in [0.2, 0.25) is 0 Å². The van der Waals surface area contributed by atoms with Gasteiger partial charge in [0.15, 0.2) is 17.1 Å². The summed E-state index contributed by atoms with van der Waals surface area (Å²) in [4.78, 5) is 22.8. The highest BCUT2D eigenvalue weighted by Crippen LogP contribution is 2.30. The summed E-state index contributed by atoms with van der Waals surface area (Å²) in [5.41, 5.74) is 10.5. The molecular formula is C27H33N5O4. The Labute approximate surface area is 210 Å². The van der Waals surface area contributed by atoms with Gasteiger partial charge < -0.3 is 29.8 Å². The summed E-state index contributed by atoms with van der Waals surface area (Å²) in [6.45, 7) is 5.54. The number of nitrogens with two attached hydrogens (primary N) is 1. The van der Waals surface area contributed by atoms with Crippen LogP contribution in [-0.2, 0) is 17.7 Å². The third-order valence-corrected chi connectivity index (χ3v) is 5.95. The maximum absolute atomic E-state index is 13.2. The van der Waals surface area contributed by atoms with Crippen molar-refractivity contribution >= 4 is 33.9 Å². The second-order valence-electron chi connectivity index (χ2n) is 8.76. The third-order valence-electron chi connectivity index (χ3n) is 5.95. The number of amides is 1. The molecule has 0 aliphatic heterocycles. The van der Waals surface area contributed by atoms with Crippen LogP contribution in [0.5, 0.6) is 11.5 Å². The maximum Gasteiger partial charge on any atom is 0.257 e. The number of rotatable bonds is 11. The van der Waals surface area contributed by atoms with Crippen LogP contribution < -0.4 is 20.5 Å². The Morgan fingerprint density at radius 2 is 1.78 bits per heavy atom. The lowest BCUT2D eigenvalue weighted by molar-refractivity contribution is 0.0757. The van der Waals surface area contributed by atoms with Crippen LogP contribution in [0.15, 0.2) is 42.5 Å². The van der Waals surface area contributed by atoms with Crippen LogP contribution in [0, 0.1) is 0 Å². The van der Waals surface area contributed by atoms with Crippen molar-refractivity contribution in [2.45, 2.75) is 39.3 Å². The summed E-state index contributed by atoms with van der Waals surface area (Å²) < 4.78 is 18.2. The average molecular weight is 492 g/mol. The van der Waals surface area contributed by atoms with Crippen LogP contribution in [-0.4, -0.2) is 53.9 Å². The molecule has 2 aromatic carbocycles. The number of aromatic nitrogens is 3. The minimum Gasteiger partial charge on any atom is -0.493 e. The molecule has 2 heterocycles. The van der Waals surface area contributed by atoms with Crippen molar-refractivity contribution in [3.63, 3.8) is 0 Å². The molecule has 0 bridgehead atoms. The van der Waals surface area contributed by atoms with Crippen molar-refractivity contribution < 1.29 is 19.0 Å². The van der Waals surface area contributed by atoms with E-state index in [0.717, 1.165) is 11.1 Å². The van der Waals surface area contributed by atoms with Crippen LogP contribution in [0.1, 0.15) is 36.2 Å². The lowest BCUT2D eigenvalue weighted by Gasteiger charge is -2.11. The molecule has 9 nitrogen and oxygen atoms in total. The Bertz CT molecular complexity index is 1370. The van der Waals surface area contributed by atoms with E-state index in [1.807, 2.05) is 60.9 Å². The topological polar surface area (TPSA) is 114 Å². The van der Waals surface area contributed by atoms with Crippen LogP contribution in [0.25, 0.3) is 22.2 Å². The van der Waals surface area contributed by atoms with Gasteiger partial charge in [0.05, 0.1) is 31.4 Å². The summed E-state index contributed by atoms with van der Waals surface area (Å²) in [6.07, 6.45) is 1.51. The zero-order chi connectivity index (χ0) is 25.7. The molecule has 0 saturated carbocycles. The summed E-state index contributed by atoms with van der Waals surface area (Å²) in [6, 6.07) is 13.4. The number of methoxy groups -OCH3 is 2. The normalized spacial score (nSPS) is 11.4. The quantitative estimate of drug-likeness (QED) is 0.305. The highest BCUT2D eigenvalue weighted by molar-refractivity contribution is 6.10. The standard InChI is InChI=1S/C27H33N5O4/c1-17(2)36-15-7-13-29-27(33)23-24-26(31-20-9-6-5-8-19(20)30-24)32(25(23)28)14-12-18-10-11-21(34-3)22(16-18)35-4/h5-6,8-11,16-17H,7,12-15,28H2,1-4H3,(H,29,33). The Morgan fingerprint density at radius 3 is 2.47 bits per heavy atom. The minimum absolute atomic E-state index is 0.156. The van der Waals surface area contributed by atoms with Gasteiger partial charge in [0.1, 0.15) is 16.9 Å². The van der Waals surface area contributed by atoms with Crippen LogP contribution in [0.4, 0.5) is 5.82 Å². The van der Waals surface area contributed by atoms with Gasteiger partial charge in [-0.1, -0.05) is 18.2 Å². The molecule has 1 amide bonds. The first-order valence-corrected chi connectivity index (χ1v) is 12.1. The number of nitrogen functional groups attached to an aromatic ring is 1. The first kappa shape index (κ1) is 25.2. The van der Waals surface area contributed by atoms with Gasteiger partial charge in [-0.05, 0) is 56.5 Å². The molecule has 0 aliphatic carbocycles. The Kier molecular flexibility index (Phi) is 7.90. The van der Waals surface area contributed by atoms with Crippen molar-refractivity contribution in [2.24, 2.45) is 0 Å². The number of hydrogen-bond acceptors (Lipinski definition) is 7. The highest BCUT2D eigenvalue weighted by Gasteiger charge is 2.24. The molecule has 3 N–H and O–H groups in total. The van der Waals surface area contributed by atoms with Gasteiger partial charge in [-0.25, -0.2) is 9.97 Å². The van der Waals surface area contributed by atoms with Crippen LogP contribution >= 0.6 is 0 Å². The van der Waals surface area contributed by atoms with E-state index in [-0.39, 0.29) is 12.0 Å². The molecule has 0 aliphatic rings. The SMILES string of the molecule is COc1ccc(CCn2c(N)c(C(=O)NCCCOC(C)C)c3nc4ccccc4nc32)cc1OC. The number of ether oxygens (including phenoxy) is 3. The largest absolute Gasteiger partial charge is 0.493 e. The predicted octanol–water partition coefficient (Wildman–Crippen LogP) is 3.97. The molecule has 2 aromatic heterocycles. The average Bonchev–Trinajstić information content (AvgIpc) is 3.15. The van der Waals surface area contributed by atoms with Crippen LogP contribution in [0.3, 0.4) is 0 Å². The number of nitrogens with zero attached hydrogens (tertiary/aromatic N) is 3. The first-order chi connectivity index (χ1) is 17.4. The van der Waals surface area contributed by atoms with Crippen molar-refractivity contribution in [3.05, 3.63) is 53.6 Å². The molecule has 0 radical (unpaired) electrons. The van der Waals surface area contributed by atoms with Gasteiger partial charge >= 0.3 is 0 Å². The molecule has 0 atom stereocenters. The van der Waals surface area contributed by atoms with Gasteiger partial charge in [-0.2, -0.15) is 0 Å². The molecule has 190 valence electrons. The number of benzene rings is 2. The summed E-state index contributed by atoms with van der Waals surface area (Å²) >= 11 is 0. The van der Waals surface area contributed by atoms with Crippen molar-refractivity contribution in [2.75, 3.05) is 33.1 Å². The van der Waals surface area contributed by atoms with Crippen molar-refractivity contribution in [1.29, 1.82) is 0 Å². The monoisotopic (exact) mass is 491 g/mol. The van der Waals surface area contributed by atoms with E-state index >= 15 is 0 Å². The molecule has 0 unspecified atom stereocenters. The fraction of sp³-hybridized carbons (Fsp3) is 0.370. The van der Waals surface area contributed by atoms with E-state index in [1.165, 1.54) is 0 Å². The number of nitrogens with one attached hydrogen (secondary N) is 1. The number of carbonyl (C=O) groups is 1. The smallest absolute Gasteiger partial charge is 0.257 e. The molecule has 0 spiro atoms. The zero-order valence-corrected chi connectivity index (χ0v) is 21.2. The summed E-state index contributed by atoms with van der Waals surface area (Å²) in [5.74, 6) is 1.41. The van der Waals surface area contributed by atoms with Crippen molar-refractivity contribution in [3.8, 4) is 11.5 Å². The van der Waals surface area contributed by atoms with E-state index in [4.69, 9.17) is 29.9 Å². The van der Waals surface area contributed by atoms with Gasteiger partial charge in [0.25, 0.3) is 5.91 Å². The Balaban J connectivity index is 1.65. The molecule has 4 aromatic rings. The summed E-state index contributed by atoms with van der Waals surface area (Å²) in [5, 5.41) is 2.96. The number of hydrogen-bond donors (Lipinski definition) is 2. The van der Waals surface area contributed by atoms with Gasteiger partial charge in [-0.3, -0.25) is 4.79 Å². The molecule has 9 heteroatoms. The van der Waals surface area contributed by atoms with E-state index in [1.54, 1.807) is 14.2 Å². The molecule has 0 saturated heterocycles. The number of aryl methyl sites for hydroxylation is 2. The summed E-state index contributed by atoms with van der Waals surface area (Å²) in [7, 11) is 3.22. The van der Waals surface area contributed by atoms with E-state index in [0.29, 0.717) is 72.1 Å². The van der Waals surface area contributed by atoms with Gasteiger partial charge in [-0.15, -0.1) is 0 Å². The second kappa shape index (κ2) is 11.3. The van der Waals surface area contributed by atoms with E-state index in [2.05, 4.69) is 5.32 Å². The number of para-hydroxylation sites is 2. The predicted molar refractivity (Wildman–Crippen MR) is 141 cm³/mol. The first-order valence-electron chi connectivity index (χ1n) is 12.1. The Hall–Kier alpha value is -3.85. The number of carbonyl (C=O) groups excluding carboxylic acids is 1. The van der Waals surface area contributed by atoms with E-state index < -0.39 is 0 Å². The third kappa shape index (κ3) is 5.36. The van der Waals surface area contributed by atoms with Gasteiger partial charge in [0.2, 0.25) is 0 Å². The highest BCUT2D eigenvalue weighted by atomic mass is 16.5. The second-order valence-corrected chi connectivity index (χ2v) is 8.76. The zero-order valence-electron chi connectivity index (χ0n) is 21.2. The molecule has 36 heavy (non-hydrogen) atoms. The fourth-order valence-corrected chi connectivity index (χ4v) is 4.13. The lowest BCUT2D eigenvalue weighted by Crippen LogP contribution is -2.26. The minimum atomic E-state index is -0.267. The van der Waals surface area contributed by atoms with Crippen molar-refractivity contribution in [1.82, 2.24) is 19.9 Å².